The van der Waals surface area contributed by atoms with Crippen molar-refractivity contribution in [2.75, 3.05) is 7.05 Å². The van der Waals surface area contributed by atoms with Crippen LogP contribution in [0.3, 0.4) is 0 Å². The summed E-state index contributed by atoms with van der Waals surface area (Å²) in [4.78, 5) is 3.77. The van der Waals surface area contributed by atoms with Crippen LogP contribution in [0.5, 0.6) is 0 Å². The first-order chi connectivity index (χ1) is 9.04. The van der Waals surface area contributed by atoms with E-state index in [2.05, 4.69) is 26.2 Å². The highest BCUT2D eigenvalue weighted by Gasteiger charge is 2.20. The number of hydrogen-bond donors (Lipinski definition) is 1. The highest BCUT2D eigenvalue weighted by atomic mass is 79.9. The Bertz CT molecular complexity index is 607. The maximum atomic E-state index is 14.2. The molecule has 0 saturated carbocycles. The Hall–Kier alpha value is -1.04. The number of hydrogen-bond acceptors (Lipinski definition) is 2. The van der Waals surface area contributed by atoms with Crippen LogP contribution in [0.25, 0.3) is 0 Å². The fraction of sp³-hybridized carbons (Fsp3) is 0.154. The van der Waals surface area contributed by atoms with Crippen molar-refractivity contribution in [3.63, 3.8) is 0 Å². The summed E-state index contributed by atoms with van der Waals surface area (Å²) >= 11 is 9.02. The third kappa shape index (κ3) is 2.94. The second-order valence-corrected chi connectivity index (χ2v) is 5.16. The third-order valence-corrected chi connectivity index (χ3v) is 3.98. The third-order valence-electron chi connectivity index (χ3n) is 2.72. The summed E-state index contributed by atoms with van der Waals surface area (Å²) in [5, 5.41) is 2.93. The Morgan fingerprint density at radius 3 is 2.68 bits per heavy atom. The van der Waals surface area contributed by atoms with E-state index < -0.39 is 17.7 Å². The van der Waals surface area contributed by atoms with Crippen LogP contribution in [-0.2, 0) is 0 Å². The minimum absolute atomic E-state index is 0.00196. The molecule has 1 aromatic heterocycles. The van der Waals surface area contributed by atoms with E-state index in [-0.39, 0.29) is 5.02 Å². The standard InChI is InChI=1S/C13H10BrClF2N2/c1-18-13(7-4-8(16)6-19-5-7)9-2-3-10(14)11(15)12(9)17/h2-6,13,18H,1H3. The SMILES string of the molecule is CNC(c1cncc(F)c1)c1ccc(Br)c(Cl)c1F. The fourth-order valence-corrected chi connectivity index (χ4v) is 2.33. The summed E-state index contributed by atoms with van der Waals surface area (Å²) in [5.41, 5.74) is 0.864. The summed E-state index contributed by atoms with van der Waals surface area (Å²) in [5.74, 6) is -1.01. The van der Waals surface area contributed by atoms with Crippen LogP contribution in [0, 0.1) is 11.6 Å². The highest BCUT2D eigenvalue weighted by molar-refractivity contribution is 9.10. The van der Waals surface area contributed by atoms with Crippen molar-refractivity contribution >= 4 is 27.5 Å². The van der Waals surface area contributed by atoms with Crippen LogP contribution in [0.4, 0.5) is 8.78 Å². The molecule has 0 saturated heterocycles. The molecule has 2 aromatic rings. The van der Waals surface area contributed by atoms with Gasteiger partial charge in [-0.1, -0.05) is 17.7 Å². The Labute approximate surface area is 122 Å². The number of halogens is 4. The van der Waals surface area contributed by atoms with Gasteiger partial charge in [-0.3, -0.25) is 4.98 Å². The molecule has 1 aromatic carbocycles. The first-order valence-electron chi connectivity index (χ1n) is 5.45. The van der Waals surface area contributed by atoms with Crippen LogP contribution in [0.15, 0.2) is 35.1 Å². The van der Waals surface area contributed by atoms with E-state index in [1.165, 1.54) is 12.3 Å². The van der Waals surface area contributed by atoms with Gasteiger partial charge in [0.2, 0.25) is 0 Å². The van der Waals surface area contributed by atoms with Crippen molar-refractivity contribution in [2.45, 2.75) is 6.04 Å². The van der Waals surface area contributed by atoms with Crippen molar-refractivity contribution in [3.05, 3.63) is 62.8 Å². The zero-order chi connectivity index (χ0) is 14.0. The van der Waals surface area contributed by atoms with E-state index in [0.29, 0.717) is 15.6 Å². The molecule has 1 heterocycles. The predicted octanol–water partition coefficient (Wildman–Crippen LogP) is 4.08. The first-order valence-corrected chi connectivity index (χ1v) is 6.62. The Morgan fingerprint density at radius 1 is 1.32 bits per heavy atom. The maximum Gasteiger partial charge on any atom is 0.148 e. The summed E-state index contributed by atoms with van der Waals surface area (Å²) in [6.45, 7) is 0. The van der Waals surface area contributed by atoms with Crippen molar-refractivity contribution in [3.8, 4) is 0 Å². The van der Waals surface area contributed by atoms with Crippen molar-refractivity contribution in [1.82, 2.24) is 10.3 Å². The summed E-state index contributed by atoms with van der Waals surface area (Å²) in [6.07, 6.45) is 2.58. The minimum atomic E-state index is -0.542. The normalized spacial score (nSPS) is 12.5. The highest BCUT2D eigenvalue weighted by Crippen LogP contribution is 2.32. The van der Waals surface area contributed by atoms with Crippen LogP contribution in [-0.4, -0.2) is 12.0 Å². The molecular formula is C13H10BrClF2N2. The lowest BCUT2D eigenvalue weighted by Crippen LogP contribution is -2.19. The number of pyridine rings is 1. The number of benzene rings is 1. The van der Waals surface area contributed by atoms with Crippen LogP contribution >= 0.6 is 27.5 Å². The van der Waals surface area contributed by atoms with Gasteiger partial charge in [-0.2, -0.15) is 0 Å². The lowest BCUT2D eigenvalue weighted by Gasteiger charge is -2.18. The lowest BCUT2D eigenvalue weighted by atomic mass is 10.00. The maximum absolute atomic E-state index is 14.2. The van der Waals surface area contributed by atoms with Crippen LogP contribution in [0.2, 0.25) is 5.02 Å². The van der Waals surface area contributed by atoms with E-state index in [9.17, 15) is 8.78 Å². The molecule has 2 rings (SSSR count). The molecule has 0 fully saturated rings. The molecule has 0 radical (unpaired) electrons. The molecular weight excluding hydrogens is 338 g/mol. The van der Waals surface area contributed by atoms with Gasteiger partial charge in [-0.25, -0.2) is 8.78 Å². The smallest absolute Gasteiger partial charge is 0.148 e. The molecule has 19 heavy (non-hydrogen) atoms. The largest absolute Gasteiger partial charge is 0.309 e. The molecule has 100 valence electrons. The van der Waals surface area contributed by atoms with Crippen molar-refractivity contribution in [1.29, 1.82) is 0 Å². The van der Waals surface area contributed by atoms with E-state index in [4.69, 9.17) is 11.6 Å². The number of nitrogens with zero attached hydrogens (tertiary/aromatic N) is 1. The average Bonchev–Trinajstić information content (AvgIpc) is 2.40. The lowest BCUT2D eigenvalue weighted by molar-refractivity contribution is 0.569. The topological polar surface area (TPSA) is 24.9 Å². The molecule has 0 aliphatic heterocycles. The average molecular weight is 348 g/mol. The van der Waals surface area contributed by atoms with E-state index in [1.807, 2.05) is 0 Å². The zero-order valence-corrected chi connectivity index (χ0v) is 12.3. The molecule has 2 nitrogen and oxygen atoms in total. The van der Waals surface area contributed by atoms with Gasteiger partial charge in [-0.05, 0) is 40.7 Å². The van der Waals surface area contributed by atoms with Gasteiger partial charge < -0.3 is 5.32 Å². The Balaban J connectivity index is 2.51. The van der Waals surface area contributed by atoms with Gasteiger partial charge in [-0.15, -0.1) is 0 Å². The molecule has 0 aliphatic carbocycles. The van der Waals surface area contributed by atoms with Gasteiger partial charge in [0, 0.05) is 16.2 Å². The molecule has 0 spiro atoms. The van der Waals surface area contributed by atoms with Gasteiger partial charge in [0.25, 0.3) is 0 Å². The quantitative estimate of drug-likeness (QED) is 0.846. The molecule has 1 unspecified atom stereocenters. The minimum Gasteiger partial charge on any atom is -0.309 e. The van der Waals surface area contributed by atoms with Gasteiger partial charge in [0.15, 0.2) is 0 Å². The van der Waals surface area contributed by atoms with Gasteiger partial charge >= 0.3 is 0 Å². The van der Waals surface area contributed by atoms with Gasteiger partial charge in [0.1, 0.15) is 11.6 Å². The van der Waals surface area contributed by atoms with E-state index >= 15 is 0 Å². The number of aromatic nitrogens is 1. The first kappa shape index (κ1) is 14.4. The molecule has 0 aliphatic rings. The Kier molecular flexibility index (Phi) is 4.50. The predicted molar refractivity (Wildman–Crippen MR) is 74.2 cm³/mol. The number of nitrogens with one attached hydrogen (secondary N) is 1. The molecule has 0 amide bonds. The summed E-state index contributed by atoms with van der Waals surface area (Å²) in [7, 11) is 1.66. The van der Waals surface area contributed by atoms with Crippen LogP contribution in [0.1, 0.15) is 17.2 Å². The molecule has 6 heteroatoms. The van der Waals surface area contributed by atoms with Gasteiger partial charge in [0.05, 0.1) is 17.3 Å². The summed E-state index contributed by atoms with van der Waals surface area (Å²) in [6, 6.07) is 4.03. The second-order valence-electron chi connectivity index (χ2n) is 3.92. The molecule has 1 atom stereocenters. The second kappa shape index (κ2) is 5.94. The van der Waals surface area contributed by atoms with Crippen molar-refractivity contribution < 1.29 is 8.78 Å². The molecule has 1 N–H and O–H groups in total. The zero-order valence-electron chi connectivity index (χ0n) is 9.92. The molecule has 0 bridgehead atoms. The van der Waals surface area contributed by atoms with E-state index in [0.717, 1.165) is 6.20 Å². The fourth-order valence-electron chi connectivity index (χ4n) is 1.85. The van der Waals surface area contributed by atoms with Crippen molar-refractivity contribution in [2.24, 2.45) is 0 Å². The number of rotatable bonds is 3. The van der Waals surface area contributed by atoms with Crippen LogP contribution < -0.4 is 5.32 Å². The monoisotopic (exact) mass is 346 g/mol. The van der Waals surface area contributed by atoms with E-state index in [1.54, 1.807) is 19.2 Å². The Morgan fingerprint density at radius 2 is 2.05 bits per heavy atom. The summed E-state index contributed by atoms with van der Waals surface area (Å²) < 4.78 is 27.9.